The number of nitro benzene ring substituents is 1. The first-order valence-electron chi connectivity index (χ1n) is 7.17. The third-order valence-electron chi connectivity index (χ3n) is 3.36. The maximum atomic E-state index is 11.3. The van der Waals surface area contributed by atoms with Crippen LogP contribution in [-0.2, 0) is 0 Å². The molecular formula is C15H22N2O4. The largest absolute Gasteiger partial charge is 0.477 e. The van der Waals surface area contributed by atoms with Crippen LogP contribution in [0.25, 0.3) is 0 Å². The maximum Gasteiger partial charge on any atom is 0.342 e. The SMILES string of the molecule is CCCCCN(c1cccc(C(=O)O)c1[N+](=O)[O-])C(C)C. The van der Waals surface area contributed by atoms with E-state index in [1.807, 2.05) is 18.7 Å². The predicted molar refractivity (Wildman–Crippen MR) is 82.1 cm³/mol. The Hall–Kier alpha value is -2.11. The second-order valence-corrected chi connectivity index (χ2v) is 5.23. The molecule has 0 fully saturated rings. The summed E-state index contributed by atoms with van der Waals surface area (Å²) in [6.45, 7) is 6.66. The number of carbonyl (C=O) groups is 1. The molecule has 0 aliphatic rings. The number of carboxylic acids is 1. The molecule has 0 bridgehead atoms. The Bertz CT molecular complexity index is 514. The van der Waals surface area contributed by atoms with Crippen LogP contribution < -0.4 is 4.90 Å². The molecule has 0 saturated heterocycles. The minimum Gasteiger partial charge on any atom is -0.477 e. The van der Waals surface area contributed by atoms with Gasteiger partial charge in [0.1, 0.15) is 11.3 Å². The number of rotatable bonds is 8. The summed E-state index contributed by atoms with van der Waals surface area (Å²) in [4.78, 5) is 23.8. The normalized spacial score (nSPS) is 10.7. The van der Waals surface area contributed by atoms with Gasteiger partial charge in [0, 0.05) is 12.6 Å². The van der Waals surface area contributed by atoms with Gasteiger partial charge in [0.2, 0.25) is 0 Å². The van der Waals surface area contributed by atoms with Gasteiger partial charge in [-0.3, -0.25) is 10.1 Å². The topological polar surface area (TPSA) is 83.7 Å². The summed E-state index contributed by atoms with van der Waals surface area (Å²) < 4.78 is 0. The zero-order valence-electron chi connectivity index (χ0n) is 12.7. The van der Waals surface area contributed by atoms with Crippen molar-refractivity contribution in [2.24, 2.45) is 0 Å². The van der Waals surface area contributed by atoms with Crippen molar-refractivity contribution < 1.29 is 14.8 Å². The number of benzene rings is 1. The number of carboxylic acid groups (broad SMARTS) is 1. The van der Waals surface area contributed by atoms with Gasteiger partial charge in [-0.1, -0.05) is 25.8 Å². The van der Waals surface area contributed by atoms with Crippen molar-refractivity contribution in [3.05, 3.63) is 33.9 Å². The molecule has 0 aliphatic carbocycles. The maximum absolute atomic E-state index is 11.3. The van der Waals surface area contributed by atoms with E-state index >= 15 is 0 Å². The van der Waals surface area contributed by atoms with Crippen LogP contribution in [-0.4, -0.2) is 28.6 Å². The smallest absolute Gasteiger partial charge is 0.342 e. The molecule has 0 aromatic heterocycles. The Morgan fingerprint density at radius 1 is 1.38 bits per heavy atom. The molecule has 116 valence electrons. The average molecular weight is 294 g/mol. The van der Waals surface area contributed by atoms with E-state index in [4.69, 9.17) is 5.11 Å². The number of anilines is 1. The molecule has 0 radical (unpaired) electrons. The number of unbranched alkanes of at least 4 members (excludes halogenated alkanes) is 2. The van der Waals surface area contributed by atoms with Crippen LogP contribution in [0.3, 0.4) is 0 Å². The van der Waals surface area contributed by atoms with Gasteiger partial charge in [-0.15, -0.1) is 0 Å². The number of nitrogens with zero attached hydrogens (tertiary/aromatic N) is 2. The van der Waals surface area contributed by atoms with Crippen LogP contribution in [0.4, 0.5) is 11.4 Å². The van der Waals surface area contributed by atoms with Crippen molar-refractivity contribution in [1.29, 1.82) is 0 Å². The van der Waals surface area contributed by atoms with Gasteiger partial charge >= 0.3 is 11.7 Å². The second kappa shape index (κ2) is 7.61. The van der Waals surface area contributed by atoms with Crippen LogP contribution in [0.1, 0.15) is 50.4 Å². The van der Waals surface area contributed by atoms with E-state index < -0.39 is 10.9 Å². The summed E-state index contributed by atoms with van der Waals surface area (Å²) in [5, 5.41) is 20.5. The van der Waals surface area contributed by atoms with E-state index in [-0.39, 0.29) is 17.3 Å². The Kier molecular flexibility index (Phi) is 6.14. The van der Waals surface area contributed by atoms with Gasteiger partial charge in [-0.2, -0.15) is 0 Å². The van der Waals surface area contributed by atoms with Gasteiger partial charge in [0.05, 0.1) is 4.92 Å². The summed E-state index contributed by atoms with van der Waals surface area (Å²) in [7, 11) is 0. The van der Waals surface area contributed by atoms with E-state index in [9.17, 15) is 14.9 Å². The number of hydrogen-bond donors (Lipinski definition) is 1. The Labute approximate surface area is 124 Å². The van der Waals surface area contributed by atoms with Crippen molar-refractivity contribution in [2.45, 2.75) is 46.1 Å². The number of nitro groups is 1. The van der Waals surface area contributed by atoms with E-state index in [1.54, 1.807) is 12.1 Å². The highest BCUT2D eigenvalue weighted by molar-refractivity contribution is 5.95. The van der Waals surface area contributed by atoms with Crippen molar-refractivity contribution in [3.63, 3.8) is 0 Å². The van der Waals surface area contributed by atoms with Gasteiger partial charge in [-0.05, 0) is 32.4 Å². The van der Waals surface area contributed by atoms with Crippen LogP contribution in [0.5, 0.6) is 0 Å². The fourth-order valence-electron chi connectivity index (χ4n) is 2.32. The highest BCUT2D eigenvalue weighted by Crippen LogP contribution is 2.33. The third kappa shape index (κ3) is 4.18. The van der Waals surface area contributed by atoms with Crippen molar-refractivity contribution >= 4 is 17.3 Å². The molecule has 0 heterocycles. The summed E-state index contributed by atoms with van der Waals surface area (Å²) in [5.41, 5.74) is -0.208. The first-order valence-corrected chi connectivity index (χ1v) is 7.17. The Morgan fingerprint density at radius 2 is 2.05 bits per heavy atom. The van der Waals surface area contributed by atoms with E-state index in [2.05, 4.69) is 6.92 Å². The minimum atomic E-state index is -1.28. The van der Waals surface area contributed by atoms with Gasteiger partial charge in [-0.25, -0.2) is 4.79 Å². The molecule has 21 heavy (non-hydrogen) atoms. The summed E-state index contributed by atoms with van der Waals surface area (Å²) >= 11 is 0. The zero-order chi connectivity index (χ0) is 16.0. The fourth-order valence-corrected chi connectivity index (χ4v) is 2.32. The quantitative estimate of drug-likeness (QED) is 0.449. The molecule has 1 N–H and O–H groups in total. The minimum absolute atomic E-state index is 0.0598. The zero-order valence-corrected chi connectivity index (χ0v) is 12.7. The lowest BCUT2D eigenvalue weighted by Crippen LogP contribution is -2.32. The molecule has 1 aromatic rings. The van der Waals surface area contributed by atoms with Crippen LogP contribution in [0.15, 0.2) is 18.2 Å². The number of hydrogen-bond acceptors (Lipinski definition) is 4. The number of aromatic carboxylic acids is 1. The lowest BCUT2D eigenvalue weighted by Gasteiger charge is -2.29. The third-order valence-corrected chi connectivity index (χ3v) is 3.36. The van der Waals surface area contributed by atoms with Gasteiger partial charge in [0.15, 0.2) is 0 Å². The van der Waals surface area contributed by atoms with E-state index in [1.165, 1.54) is 6.07 Å². The molecule has 0 amide bonds. The summed E-state index contributed by atoms with van der Waals surface area (Å²) in [6.07, 6.45) is 3.02. The van der Waals surface area contributed by atoms with Gasteiger partial charge < -0.3 is 10.0 Å². The molecule has 1 rings (SSSR count). The van der Waals surface area contributed by atoms with Crippen molar-refractivity contribution in [3.8, 4) is 0 Å². The predicted octanol–water partition coefficient (Wildman–Crippen LogP) is 3.70. The molecule has 0 unspecified atom stereocenters. The van der Waals surface area contributed by atoms with E-state index in [0.29, 0.717) is 12.2 Å². The van der Waals surface area contributed by atoms with Crippen LogP contribution in [0, 0.1) is 10.1 Å². The Morgan fingerprint density at radius 3 is 2.52 bits per heavy atom. The van der Waals surface area contributed by atoms with Crippen molar-refractivity contribution in [2.75, 3.05) is 11.4 Å². The molecule has 0 spiro atoms. The molecule has 1 aromatic carbocycles. The molecule has 6 nitrogen and oxygen atoms in total. The molecule has 6 heteroatoms. The molecular weight excluding hydrogens is 272 g/mol. The van der Waals surface area contributed by atoms with Crippen LogP contribution in [0.2, 0.25) is 0 Å². The second-order valence-electron chi connectivity index (χ2n) is 5.23. The van der Waals surface area contributed by atoms with Crippen molar-refractivity contribution in [1.82, 2.24) is 0 Å². The fraction of sp³-hybridized carbons (Fsp3) is 0.533. The summed E-state index contributed by atoms with van der Waals surface area (Å²) in [6, 6.07) is 4.51. The average Bonchev–Trinajstić information content (AvgIpc) is 2.42. The molecule has 0 atom stereocenters. The molecule has 0 aliphatic heterocycles. The Balaban J connectivity index is 3.27. The van der Waals surface area contributed by atoms with Crippen LogP contribution >= 0.6 is 0 Å². The van der Waals surface area contributed by atoms with Gasteiger partial charge in [0.25, 0.3) is 0 Å². The highest BCUT2D eigenvalue weighted by Gasteiger charge is 2.28. The monoisotopic (exact) mass is 294 g/mol. The van der Waals surface area contributed by atoms with E-state index in [0.717, 1.165) is 19.3 Å². The molecule has 0 saturated carbocycles. The lowest BCUT2D eigenvalue weighted by molar-refractivity contribution is -0.384. The first kappa shape index (κ1) is 16.9. The number of para-hydroxylation sites is 1. The highest BCUT2D eigenvalue weighted by atomic mass is 16.6. The standard InChI is InChI=1S/C15H22N2O4/c1-4-5-6-10-16(11(2)3)13-9-7-8-12(15(18)19)14(13)17(20)21/h7-9,11H,4-6,10H2,1-3H3,(H,18,19). The lowest BCUT2D eigenvalue weighted by atomic mass is 10.1. The first-order chi connectivity index (χ1) is 9.90. The summed E-state index contributed by atoms with van der Waals surface area (Å²) in [5.74, 6) is -1.28.